The first-order valence-electron chi connectivity index (χ1n) is 12.0. The summed E-state index contributed by atoms with van der Waals surface area (Å²) < 4.78 is 40.1. The molecule has 1 saturated heterocycles. The van der Waals surface area contributed by atoms with E-state index in [1.807, 2.05) is 0 Å². The Hall–Kier alpha value is -3.63. The number of aryl methyl sites for hydroxylation is 1. The van der Waals surface area contributed by atoms with Gasteiger partial charge in [0.15, 0.2) is 5.65 Å². The molecule has 8 nitrogen and oxygen atoms in total. The Labute approximate surface area is 214 Å². The molecule has 1 aromatic carbocycles. The fraction of sp³-hybridized carbons (Fsp3) is 0.462. The van der Waals surface area contributed by atoms with Crippen LogP contribution in [-0.4, -0.2) is 52.9 Å². The van der Waals surface area contributed by atoms with Crippen LogP contribution in [-0.2, 0) is 6.18 Å². The lowest BCUT2D eigenvalue weighted by Gasteiger charge is -2.25. The van der Waals surface area contributed by atoms with Gasteiger partial charge < -0.3 is 20.9 Å². The van der Waals surface area contributed by atoms with Crippen molar-refractivity contribution in [1.82, 2.24) is 19.9 Å². The van der Waals surface area contributed by atoms with Crippen LogP contribution >= 0.6 is 0 Å². The number of amides is 1. The van der Waals surface area contributed by atoms with Crippen molar-refractivity contribution >= 4 is 34.3 Å². The van der Waals surface area contributed by atoms with E-state index in [4.69, 9.17) is 10.7 Å². The van der Waals surface area contributed by atoms with E-state index in [1.54, 1.807) is 34.0 Å². The highest BCUT2D eigenvalue weighted by molar-refractivity contribution is 6.03. The van der Waals surface area contributed by atoms with E-state index in [0.29, 0.717) is 39.6 Å². The molecule has 11 heteroatoms. The summed E-state index contributed by atoms with van der Waals surface area (Å²) in [5.41, 5.74) is 6.23. The molecule has 37 heavy (non-hydrogen) atoms. The Bertz CT molecular complexity index is 1350. The number of fused-ring (bicyclic) bond motifs is 1. The lowest BCUT2D eigenvalue weighted by atomic mass is 9.93. The van der Waals surface area contributed by atoms with Gasteiger partial charge in [0.2, 0.25) is 0 Å². The van der Waals surface area contributed by atoms with Crippen LogP contribution in [0.3, 0.4) is 0 Å². The Kier molecular flexibility index (Phi) is 6.68. The smallest absolute Gasteiger partial charge is 0.399 e. The largest absolute Gasteiger partial charge is 0.416 e. The Morgan fingerprint density at radius 1 is 1.16 bits per heavy atom. The lowest BCUT2D eigenvalue weighted by Crippen LogP contribution is -2.29. The SMILES string of the molecule is Cc1nc(N[C@H](C)c2cc(N)cc(C(F)(F)F)c2)c2cc(C(=O)N(C)C)c(N3CCC(C)(C)C3)nc2n1. The van der Waals surface area contributed by atoms with Crippen LogP contribution in [0, 0.1) is 12.3 Å². The van der Waals surface area contributed by atoms with Crippen molar-refractivity contribution in [2.45, 2.75) is 46.3 Å². The minimum absolute atomic E-state index is 0.0147. The molecule has 3 heterocycles. The average molecular weight is 516 g/mol. The standard InChI is InChI=1S/C26H32F3N7O/c1-14(16-9-17(26(27,28)29)11-18(30)10-16)31-21-19-12-20(24(37)35(5)6)23(34-22(19)33-15(2)32-21)36-8-7-25(3,4)13-36/h9-12,14H,7-8,13,30H2,1-6H3,(H,31,32,33,34)/t14-/m1/s1. The summed E-state index contributed by atoms with van der Waals surface area (Å²) >= 11 is 0. The van der Waals surface area contributed by atoms with Crippen molar-refractivity contribution in [3.8, 4) is 0 Å². The number of hydrogen-bond acceptors (Lipinski definition) is 7. The molecule has 0 radical (unpaired) electrons. The van der Waals surface area contributed by atoms with Gasteiger partial charge in [0.1, 0.15) is 17.5 Å². The quantitative estimate of drug-likeness (QED) is 0.459. The number of nitrogens with two attached hydrogens (primary N) is 1. The second-order valence-corrected chi connectivity index (χ2v) is 10.6. The Balaban J connectivity index is 1.81. The van der Waals surface area contributed by atoms with E-state index in [9.17, 15) is 18.0 Å². The summed E-state index contributed by atoms with van der Waals surface area (Å²) in [6.45, 7) is 9.31. The number of aromatic nitrogens is 3. The maximum atomic E-state index is 13.4. The minimum atomic E-state index is -4.52. The topological polar surface area (TPSA) is 100 Å². The molecule has 0 bridgehead atoms. The van der Waals surface area contributed by atoms with E-state index < -0.39 is 17.8 Å². The van der Waals surface area contributed by atoms with Gasteiger partial charge in [0.25, 0.3) is 5.91 Å². The van der Waals surface area contributed by atoms with Crippen LogP contribution in [0.5, 0.6) is 0 Å². The van der Waals surface area contributed by atoms with Gasteiger partial charge in [-0.25, -0.2) is 15.0 Å². The number of benzene rings is 1. The van der Waals surface area contributed by atoms with Gasteiger partial charge in [0.05, 0.1) is 22.6 Å². The summed E-state index contributed by atoms with van der Waals surface area (Å²) in [5.74, 6) is 1.18. The summed E-state index contributed by atoms with van der Waals surface area (Å²) in [4.78, 5) is 30.6. The van der Waals surface area contributed by atoms with Crippen LogP contribution in [0.2, 0.25) is 0 Å². The van der Waals surface area contributed by atoms with E-state index in [-0.39, 0.29) is 17.0 Å². The molecule has 0 spiro atoms. The van der Waals surface area contributed by atoms with Crippen molar-refractivity contribution in [1.29, 1.82) is 0 Å². The average Bonchev–Trinajstić information content (AvgIpc) is 3.16. The normalized spacial score (nSPS) is 16.2. The van der Waals surface area contributed by atoms with E-state index in [0.717, 1.165) is 31.6 Å². The summed E-state index contributed by atoms with van der Waals surface area (Å²) in [7, 11) is 3.35. The first-order chi connectivity index (χ1) is 17.1. The van der Waals surface area contributed by atoms with E-state index in [2.05, 4.69) is 34.0 Å². The number of rotatable bonds is 5. The molecule has 1 fully saturated rings. The van der Waals surface area contributed by atoms with Crippen LogP contribution in [0.4, 0.5) is 30.5 Å². The van der Waals surface area contributed by atoms with Gasteiger partial charge in [-0.15, -0.1) is 0 Å². The van der Waals surface area contributed by atoms with Gasteiger partial charge in [-0.05, 0) is 55.5 Å². The number of halogens is 3. The lowest BCUT2D eigenvalue weighted by molar-refractivity contribution is -0.137. The van der Waals surface area contributed by atoms with Gasteiger partial charge in [-0.3, -0.25) is 4.79 Å². The molecule has 1 amide bonds. The number of anilines is 3. The third kappa shape index (κ3) is 5.55. The maximum Gasteiger partial charge on any atom is 0.416 e. The van der Waals surface area contributed by atoms with Crippen LogP contribution in [0.25, 0.3) is 11.0 Å². The number of nitrogen functional groups attached to an aromatic ring is 1. The minimum Gasteiger partial charge on any atom is -0.399 e. The Morgan fingerprint density at radius 3 is 2.46 bits per heavy atom. The predicted octanol–water partition coefficient (Wildman–Crippen LogP) is 5.05. The van der Waals surface area contributed by atoms with Gasteiger partial charge in [-0.1, -0.05) is 13.8 Å². The molecule has 1 atom stereocenters. The molecule has 1 aliphatic heterocycles. The first-order valence-corrected chi connectivity index (χ1v) is 12.0. The second-order valence-electron chi connectivity index (χ2n) is 10.6. The first kappa shape index (κ1) is 26.4. The highest BCUT2D eigenvalue weighted by atomic mass is 19.4. The number of nitrogens with zero attached hydrogens (tertiary/aromatic N) is 5. The fourth-order valence-electron chi connectivity index (χ4n) is 4.58. The van der Waals surface area contributed by atoms with Crippen LogP contribution < -0.4 is 16.0 Å². The maximum absolute atomic E-state index is 13.4. The number of alkyl halides is 3. The van der Waals surface area contributed by atoms with E-state index >= 15 is 0 Å². The molecule has 0 aliphatic carbocycles. The Morgan fingerprint density at radius 2 is 1.86 bits per heavy atom. The summed E-state index contributed by atoms with van der Waals surface area (Å²) in [5, 5.41) is 3.70. The van der Waals surface area contributed by atoms with Crippen LogP contribution in [0.15, 0.2) is 24.3 Å². The zero-order chi connectivity index (χ0) is 27.3. The molecule has 0 saturated carbocycles. The molecule has 4 rings (SSSR count). The molecule has 0 unspecified atom stereocenters. The monoisotopic (exact) mass is 515 g/mol. The van der Waals surface area contributed by atoms with Gasteiger partial charge in [0, 0.05) is 32.9 Å². The molecule has 198 valence electrons. The predicted molar refractivity (Wildman–Crippen MR) is 139 cm³/mol. The molecular formula is C26H32F3N7O. The summed E-state index contributed by atoms with van der Waals surface area (Å²) in [6.07, 6.45) is -3.55. The third-order valence-corrected chi connectivity index (χ3v) is 6.55. The number of carbonyl (C=O) groups excluding carboxylic acids is 1. The van der Waals surface area contributed by atoms with Crippen molar-refractivity contribution in [2.75, 3.05) is 43.1 Å². The molecular weight excluding hydrogens is 483 g/mol. The van der Waals surface area contributed by atoms with Crippen molar-refractivity contribution < 1.29 is 18.0 Å². The molecule has 2 aromatic heterocycles. The number of nitrogens with one attached hydrogen (secondary N) is 1. The third-order valence-electron chi connectivity index (χ3n) is 6.55. The zero-order valence-electron chi connectivity index (χ0n) is 21.9. The number of carbonyl (C=O) groups is 1. The van der Waals surface area contributed by atoms with Crippen molar-refractivity contribution in [3.05, 3.63) is 46.8 Å². The fourth-order valence-corrected chi connectivity index (χ4v) is 4.58. The zero-order valence-corrected chi connectivity index (χ0v) is 21.9. The number of pyridine rings is 1. The summed E-state index contributed by atoms with van der Waals surface area (Å²) in [6, 6.07) is 4.62. The molecule has 1 aliphatic rings. The van der Waals surface area contributed by atoms with Crippen molar-refractivity contribution in [3.63, 3.8) is 0 Å². The molecule has 3 N–H and O–H groups in total. The number of hydrogen-bond donors (Lipinski definition) is 2. The second kappa shape index (κ2) is 9.35. The highest BCUT2D eigenvalue weighted by Crippen LogP contribution is 2.37. The highest BCUT2D eigenvalue weighted by Gasteiger charge is 2.34. The van der Waals surface area contributed by atoms with Crippen LogP contribution in [0.1, 0.15) is 60.5 Å². The van der Waals surface area contributed by atoms with Gasteiger partial charge >= 0.3 is 6.18 Å². The van der Waals surface area contributed by atoms with E-state index in [1.165, 1.54) is 11.0 Å². The van der Waals surface area contributed by atoms with Gasteiger partial charge in [-0.2, -0.15) is 13.2 Å². The van der Waals surface area contributed by atoms with Crippen molar-refractivity contribution in [2.24, 2.45) is 5.41 Å². The molecule has 3 aromatic rings.